The van der Waals surface area contributed by atoms with E-state index in [-0.39, 0.29) is 0 Å². The molecule has 30 heavy (non-hydrogen) atoms. The van der Waals surface area contributed by atoms with Crippen LogP contribution in [0.1, 0.15) is 38.5 Å². The van der Waals surface area contributed by atoms with Crippen molar-refractivity contribution in [1.29, 1.82) is 0 Å². The highest BCUT2D eigenvalue weighted by Gasteiger charge is 2.14. The Labute approximate surface area is 179 Å². The molecule has 0 aliphatic carbocycles. The summed E-state index contributed by atoms with van der Waals surface area (Å²) in [6.07, 6.45) is 9.24. The molecule has 3 heterocycles. The molecule has 162 valence electrons. The molecule has 0 radical (unpaired) electrons. The Morgan fingerprint density at radius 3 is 2.57 bits per heavy atom. The van der Waals surface area contributed by atoms with Crippen molar-refractivity contribution >= 4 is 17.5 Å². The molecule has 4 rings (SSSR count). The molecular weight excluding hydrogens is 378 g/mol. The lowest BCUT2D eigenvalue weighted by Gasteiger charge is -2.27. The van der Waals surface area contributed by atoms with E-state index in [1.807, 2.05) is 30.5 Å². The second-order valence-electron chi connectivity index (χ2n) is 8.03. The first kappa shape index (κ1) is 20.7. The standard InChI is InChI=1S/C23H33N5O2/c1-29-20-9-8-19(18-21(20)30-17-7-14-27-12-5-6-13-27)25-23-24-11-10-22(26-23)28-15-3-2-4-16-28/h8-11,18H,2-7,12-17H2,1H3,(H,24,25,26). The van der Waals surface area contributed by atoms with Gasteiger partial charge >= 0.3 is 0 Å². The van der Waals surface area contributed by atoms with Crippen LogP contribution in [0.15, 0.2) is 30.5 Å². The second-order valence-corrected chi connectivity index (χ2v) is 8.03. The molecular formula is C23H33N5O2. The monoisotopic (exact) mass is 411 g/mol. The van der Waals surface area contributed by atoms with Crippen LogP contribution in [-0.2, 0) is 0 Å². The SMILES string of the molecule is COc1ccc(Nc2nccc(N3CCCCC3)n2)cc1OCCCN1CCCC1. The quantitative estimate of drug-likeness (QED) is 0.624. The van der Waals surface area contributed by atoms with Gasteiger partial charge in [0, 0.05) is 37.6 Å². The highest BCUT2D eigenvalue weighted by Crippen LogP contribution is 2.31. The maximum Gasteiger partial charge on any atom is 0.229 e. The number of anilines is 3. The van der Waals surface area contributed by atoms with Crippen LogP contribution in [0.3, 0.4) is 0 Å². The topological polar surface area (TPSA) is 62.8 Å². The fourth-order valence-electron chi connectivity index (χ4n) is 4.18. The molecule has 0 atom stereocenters. The second kappa shape index (κ2) is 10.5. The van der Waals surface area contributed by atoms with E-state index in [1.165, 1.54) is 45.2 Å². The van der Waals surface area contributed by atoms with Gasteiger partial charge in [0.1, 0.15) is 5.82 Å². The lowest BCUT2D eigenvalue weighted by molar-refractivity contribution is 0.254. The fraction of sp³-hybridized carbons (Fsp3) is 0.565. The van der Waals surface area contributed by atoms with Crippen LogP contribution < -0.4 is 19.7 Å². The van der Waals surface area contributed by atoms with Crippen molar-refractivity contribution in [2.75, 3.05) is 56.7 Å². The molecule has 0 saturated carbocycles. The molecule has 0 bridgehead atoms. The number of ether oxygens (including phenoxy) is 2. The summed E-state index contributed by atoms with van der Waals surface area (Å²) in [5.41, 5.74) is 0.890. The summed E-state index contributed by atoms with van der Waals surface area (Å²) in [7, 11) is 1.67. The summed E-state index contributed by atoms with van der Waals surface area (Å²) >= 11 is 0. The number of methoxy groups -OCH3 is 1. The molecule has 0 spiro atoms. The van der Waals surface area contributed by atoms with Gasteiger partial charge in [0.15, 0.2) is 11.5 Å². The first-order chi connectivity index (χ1) is 14.8. The molecule has 1 N–H and O–H groups in total. The Bertz CT molecular complexity index is 804. The molecule has 2 aliphatic rings. The van der Waals surface area contributed by atoms with Gasteiger partial charge in [0.25, 0.3) is 0 Å². The summed E-state index contributed by atoms with van der Waals surface area (Å²) < 4.78 is 11.5. The zero-order valence-electron chi connectivity index (χ0n) is 18.0. The number of likely N-dealkylation sites (tertiary alicyclic amines) is 1. The number of hydrogen-bond donors (Lipinski definition) is 1. The Balaban J connectivity index is 1.37. The molecule has 2 fully saturated rings. The van der Waals surface area contributed by atoms with Gasteiger partial charge in [0.2, 0.25) is 5.95 Å². The first-order valence-corrected chi connectivity index (χ1v) is 11.2. The molecule has 1 aromatic heterocycles. The number of nitrogens with zero attached hydrogens (tertiary/aromatic N) is 4. The van der Waals surface area contributed by atoms with Crippen molar-refractivity contribution in [2.45, 2.75) is 38.5 Å². The van der Waals surface area contributed by atoms with Crippen LogP contribution in [0.2, 0.25) is 0 Å². The molecule has 2 saturated heterocycles. The fourth-order valence-corrected chi connectivity index (χ4v) is 4.18. The summed E-state index contributed by atoms with van der Waals surface area (Å²) in [5, 5.41) is 3.32. The Morgan fingerprint density at radius 2 is 1.77 bits per heavy atom. The van der Waals surface area contributed by atoms with Gasteiger partial charge in [-0.25, -0.2) is 4.98 Å². The van der Waals surface area contributed by atoms with Crippen molar-refractivity contribution in [2.24, 2.45) is 0 Å². The third kappa shape index (κ3) is 5.53. The van der Waals surface area contributed by atoms with E-state index in [4.69, 9.17) is 14.5 Å². The van der Waals surface area contributed by atoms with Crippen molar-refractivity contribution in [3.63, 3.8) is 0 Å². The maximum atomic E-state index is 6.04. The van der Waals surface area contributed by atoms with E-state index in [0.29, 0.717) is 12.6 Å². The van der Waals surface area contributed by atoms with Crippen LogP contribution >= 0.6 is 0 Å². The number of piperidine rings is 1. The van der Waals surface area contributed by atoms with E-state index in [0.717, 1.165) is 49.1 Å². The van der Waals surface area contributed by atoms with Crippen LogP contribution in [0, 0.1) is 0 Å². The zero-order valence-corrected chi connectivity index (χ0v) is 18.0. The van der Waals surface area contributed by atoms with E-state index >= 15 is 0 Å². The Hall–Kier alpha value is -2.54. The normalized spacial score (nSPS) is 17.2. The molecule has 7 nitrogen and oxygen atoms in total. The van der Waals surface area contributed by atoms with Crippen LogP contribution in [0.5, 0.6) is 11.5 Å². The molecule has 1 aromatic carbocycles. The van der Waals surface area contributed by atoms with Gasteiger partial charge in [-0.15, -0.1) is 0 Å². The van der Waals surface area contributed by atoms with Gasteiger partial charge in [0.05, 0.1) is 13.7 Å². The number of hydrogen-bond acceptors (Lipinski definition) is 7. The highest BCUT2D eigenvalue weighted by molar-refractivity contribution is 5.60. The van der Waals surface area contributed by atoms with Crippen molar-refractivity contribution in [3.8, 4) is 11.5 Å². The molecule has 2 aromatic rings. The van der Waals surface area contributed by atoms with Gasteiger partial charge in [-0.3, -0.25) is 0 Å². The minimum absolute atomic E-state index is 0.600. The number of rotatable bonds is 9. The van der Waals surface area contributed by atoms with Crippen LogP contribution in [-0.4, -0.2) is 61.3 Å². The molecule has 0 unspecified atom stereocenters. The predicted octanol–water partition coefficient (Wildman–Crippen LogP) is 4.08. The third-order valence-electron chi connectivity index (χ3n) is 5.82. The maximum absolute atomic E-state index is 6.04. The van der Waals surface area contributed by atoms with Crippen LogP contribution in [0.25, 0.3) is 0 Å². The van der Waals surface area contributed by atoms with E-state index in [1.54, 1.807) is 7.11 Å². The largest absolute Gasteiger partial charge is 0.493 e. The van der Waals surface area contributed by atoms with Crippen molar-refractivity contribution < 1.29 is 9.47 Å². The average Bonchev–Trinajstić information content (AvgIpc) is 3.31. The van der Waals surface area contributed by atoms with Crippen LogP contribution in [0.4, 0.5) is 17.5 Å². The highest BCUT2D eigenvalue weighted by atomic mass is 16.5. The summed E-state index contributed by atoms with van der Waals surface area (Å²) in [4.78, 5) is 13.9. The third-order valence-corrected chi connectivity index (χ3v) is 5.82. The smallest absolute Gasteiger partial charge is 0.229 e. The van der Waals surface area contributed by atoms with E-state index < -0.39 is 0 Å². The lowest BCUT2D eigenvalue weighted by atomic mass is 10.1. The van der Waals surface area contributed by atoms with Crippen molar-refractivity contribution in [1.82, 2.24) is 14.9 Å². The van der Waals surface area contributed by atoms with Gasteiger partial charge < -0.3 is 24.6 Å². The first-order valence-electron chi connectivity index (χ1n) is 11.2. The number of nitrogens with one attached hydrogen (secondary N) is 1. The predicted molar refractivity (Wildman–Crippen MR) is 120 cm³/mol. The van der Waals surface area contributed by atoms with Gasteiger partial charge in [-0.05, 0) is 69.8 Å². The van der Waals surface area contributed by atoms with E-state index in [2.05, 4.69) is 20.1 Å². The Morgan fingerprint density at radius 1 is 0.967 bits per heavy atom. The van der Waals surface area contributed by atoms with Crippen molar-refractivity contribution in [3.05, 3.63) is 30.5 Å². The Kier molecular flexibility index (Phi) is 7.24. The number of aromatic nitrogens is 2. The minimum atomic E-state index is 0.600. The summed E-state index contributed by atoms with van der Waals surface area (Å²) in [6, 6.07) is 7.84. The average molecular weight is 412 g/mol. The van der Waals surface area contributed by atoms with Gasteiger partial charge in [-0.1, -0.05) is 0 Å². The summed E-state index contributed by atoms with van der Waals surface area (Å²) in [6.45, 7) is 6.34. The molecule has 7 heteroatoms. The minimum Gasteiger partial charge on any atom is -0.493 e. The molecule has 2 aliphatic heterocycles. The van der Waals surface area contributed by atoms with Gasteiger partial charge in [-0.2, -0.15) is 4.98 Å². The summed E-state index contributed by atoms with van der Waals surface area (Å²) in [5.74, 6) is 3.07. The van der Waals surface area contributed by atoms with E-state index in [9.17, 15) is 0 Å². The number of benzene rings is 1. The zero-order chi connectivity index (χ0) is 20.6. The molecule has 0 amide bonds. The lowest BCUT2D eigenvalue weighted by Crippen LogP contribution is -2.30.